The van der Waals surface area contributed by atoms with E-state index in [4.69, 9.17) is 5.11 Å². The third-order valence-corrected chi connectivity index (χ3v) is 0.859. The van der Waals surface area contributed by atoms with E-state index >= 15 is 0 Å². The third kappa shape index (κ3) is 4.66. The summed E-state index contributed by atoms with van der Waals surface area (Å²) >= 11 is 0. The Hall–Kier alpha value is -0.710. The minimum atomic E-state index is -4.60. The van der Waals surface area contributed by atoms with Gasteiger partial charge in [-0.05, 0) is 13.0 Å². The molecule has 0 aliphatic carbocycles. The molecule has 1 N–H and O–H groups in total. The van der Waals surface area contributed by atoms with Crippen molar-refractivity contribution in [1.82, 2.24) is 0 Å². The topological polar surface area (TPSA) is 29.5 Å². The molecule has 0 aromatic rings. The lowest BCUT2D eigenvalue weighted by Crippen LogP contribution is -2.26. The largest absolute Gasteiger partial charge is 0.502 e. The second kappa shape index (κ2) is 4.23. The van der Waals surface area contributed by atoms with Gasteiger partial charge in [0.25, 0.3) is 0 Å². The van der Waals surface area contributed by atoms with Gasteiger partial charge in [0.05, 0.1) is 12.9 Å². The molecule has 0 aliphatic rings. The van der Waals surface area contributed by atoms with E-state index in [0.717, 1.165) is 6.26 Å². The van der Waals surface area contributed by atoms with Crippen molar-refractivity contribution in [3.8, 4) is 0 Å². The molecule has 1 unspecified atom stereocenters. The zero-order chi connectivity index (χ0) is 8.91. The van der Waals surface area contributed by atoms with Crippen LogP contribution in [0.2, 0.25) is 0 Å². The average molecular weight is 170 g/mol. The Labute approximate surface area is 62.3 Å². The van der Waals surface area contributed by atoms with Crippen LogP contribution in [0, 0.1) is 0 Å². The van der Waals surface area contributed by atoms with Crippen LogP contribution in [0.5, 0.6) is 0 Å². The third-order valence-electron chi connectivity index (χ3n) is 0.859. The Kier molecular flexibility index (Phi) is 3.95. The molecule has 11 heavy (non-hydrogen) atoms. The number of alkyl halides is 3. The second-order valence-corrected chi connectivity index (χ2v) is 1.77. The van der Waals surface area contributed by atoms with Gasteiger partial charge in [0.15, 0.2) is 6.10 Å². The zero-order valence-electron chi connectivity index (χ0n) is 5.93. The Morgan fingerprint density at radius 2 is 2.09 bits per heavy atom. The molecule has 0 aromatic heterocycles. The highest BCUT2D eigenvalue weighted by Crippen LogP contribution is 2.20. The van der Waals surface area contributed by atoms with Crippen molar-refractivity contribution in [2.45, 2.75) is 19.2 Å². The minimum absolute atomic E-state index is 0.279. The molecular formula is C6H9F3O2. The van der Waals surface area contributed by atoms with Gasteiger partial charge in [0, 0.05) is 0 Å². The summed E-state index contributed by atoms with van der Waals surface area (Å²) in [4.78, 5) is 0. The van der Waals surface area contributed by atoms with Crippen LogP contribution < -0.4 is 0 Å². The Morgan fingerprint density at radius 3 is 2.45 bits per heavy atom. The molecule has 0 radical (unpaired) electrons. The highest BCUT2D eigenvalue weighted by molar-refractivity contribution is 4.87. The molecule has 2 nitrogen and oxygen atoms in total. The maximum atomic E-state index is 11.5. The lowest BCUT2D eigenvalue weighted by Gasteiger charge is -2.09. The highest BCUT2D eigenvalue weighted by Gasteiger charge is 2.36. The van der Waals surface area contributed by atoms with Gasteiger partial charge in [-0.1, -0.05) is 0 Å². The number of aliphatic hydroxyl groups excluding tert-OH is 1. The number of aliphatic hydroxyl groups is 1. The maximum Gasteiger partial charge on any atom is 0.418 e. The first-order valence-electron chi connectivity index (χ1n) is 3.01. The molecule has 0 bridgehead atoms. The van der Waals surface area contributed by atoms with Gasteiger partial charge in [0.2, 0.25) is 0 Å². The summed E-state index contributed by atoms with van der Waals surface area (Å²) in [7, 11) is 0. The molecule has 0 spiro atoms. The van der Waals surface area contributed by atoms with E-state index in [1.165, 1.54) is 0 Å². The van der Waals surface area contributed by atoms with Crippen molar-refractivity contribution in [2.75, 3.05) is 6.61 Å². The van der Waals surface area contributed by atoms with Crippen LogP contribution in [0.4, 0.5) is 13.2 Å². The van der Waals surface area contributed by atoms with Gasteiger partial charge < -0.3 is 9.84 Å². The summed E-state index contributed by atoms with van der Waals surface area (Å²) in [5.41, 5.74) is 0. The zero-order valence-corrected chi connectivity index (χ0v) is 5.93. The van der Waals surface area contributed by atoms with E-state index in [1.807, 2.05) is 0 Å². The predicted octanol–water partition coefficient (Wildman–Crippen LogP) is 1.46. The van der Waals surface area contributed by atoms with E-state index in [9.17, 15) is 13.2 Å². The predicted molar refractivity (Wildman–Crippen MR) is 32.8 cm³/mol. The fraction of sp³-hybridized carbons (Fsp3) is 0.667. The van der Waals surface area contributed by atoms with E-state index in [-0.39, 0.29) is 6.61 Å². The number of hydrogen-bond donors (Lipinski definition) is 1. The van der Waals surface area contributed by atoms with Crippen LogP contribution in [-0.4, -0.2) is 24.0 Å². The molecule has 0 saturated heterocycles. The van der Waals surface area contributed by atoms with Crippen LogP contribution in [0.1, 0.15) is 6.92 Å². The Bertz CT molecular complexity index is 130. The normalized spacial score (nSPS) is 15.4. The standard InChI is InChI=1S/C6H9F3O2/c1-2-11-4-3-5(10)6(7,8)9/h3-5,10H,2H2,1H3. The molecule has 0 heterocycles. The summed E-state index contributed by atoms with van der Waals surface area (Å²) in [5, 5.41) is 8.32. The fourth-order valence-corrected chi connectivity index (χ4v) is 0.335. The Morgan fingerprint density at radius 1 is 1.55 bits per heavy atom. The Balaban J connectivity index is 3.77. The lowest BCUT2D eigenvalue weighted by molar-refractivity contribution is -0.188. The maximum absolute atomic E-state index is 11.5. The number of rotatable bonds is 3. The van der Waals surface area contributed by atoms with Crippen LogP contribution >= 0.6 is 0 Å². The summed E-state index contributed by atoms with van der Waals surface area (Å²) in [5.74, 6) is 0. The first-order chi connectivity index (χ1) is 4.98. The van der Waals surface area contributed by atoms with E-state index < -0.39 is 12.3 Å². The average Bonchev–Trinajstić information content (AvgIpc) is 1.86. The summed E-state index contributed by atoms with van der Waals surface area (Å²) < 4.78 is 39.0. The van der Waals surface area contributed by atoms with Crippen LogP contribution in [0.25, 0.3) is 0 Å². The molecule has 0 aromatic carbocycles. The fourth-order valence-electron chi connectivity index (χ4n) is 0.335. The molecule has 5 heteroatoms. The molecule has 66 valence electrons. The SMILES string of the molecule is CCOC=CC(O)C(F)(F)F. The van der Waals surface area contributed by atoms with Gasteiger partial charge in [-0.3, -0.25) is 0 Å². The second-order valence-electron chi connectivity index (χ2n) is 1.77. The van der Waals surface area contributed by atoms with E-state index in [2.05, 4.69) is 4.74 Å². The van der Waals surface area contributed by atoms with Crippen molar-refractivity contribution >= 4 is 0 Å². The molecule has 0 saturated carbocycles. The summed E-state index contributed by atoms with van der Waals surface area (Å²) in [6, 6.07) is 0. The van der Waals surface area contributed by atoms with Gasteiger partial charge in [0.1, 0.15) is 0 Å². The van der Waals surface area contributed by atoms with Crippen molar-refractivity contribution in [3.63, 3.8) is 0 Å². The molecule has 0 rings (SSSR count). The van der Waals surface area contributed by atoms with Crippen LogP contribution in [-0.2, 0) is 4.74 Å². The van der Waals surface area contributed by atoms with Gasteiger partial charge >= 0.3 is 6.18 Å². The van der Waals surface area contributed by atoms with Gasteiger partial charge in [-0.2, -0.15) is 13.2 Å². The van der Waals surface area contributed by atoms with Gasteiger partial charge in [-0.25, -0.2) is 0 Å². The van der Waals surface area contributed by atoms with E-state index in [1.54, 1.807) is 6.92 Å². The van der Waals surface area contributed by atoms with Crippen molar-refractivity contribution in [1.29, 1.82) is 0 Å². The first-order valence-corrected chi connectivity index (χ1v) is 3.01. The first kappa shape index (κ1) is 10.3. The minimum Gasteiger partial charge on any atom is -0.502 e. The quantitative estimate of drug-likeness (QED) is 0.649. The summed E-state index contributed by atoms with van der Waals surface area (Å²) in [6.07, 6.45) is -5.66. The lowest BCUT2D eigenvalue weighted by atomic mass is 10.3. The highest BCUT2D eigenvalue weighted by atomic mass is 19.4. The van der Waals surface area contributed by atoms with Crippen LogP contribution in [0.15, 0.2) is 12.3 Å². The number of halogens is 3. The van der Waals surface area contributed by atoms with Gasteiger partial charge in [-0.15, -0.1) is 0 Å². The molecule has 0 amide bonds. The van der Waals surface area contributed by atoms with Crippen molar-refractivity contribution < 1.29 is 23.0 Å². The molecular weight excluding hydrogens is 161 g/mol. The molecule has 0 fully saturated rings. The van der Waals surface area contributed by atoms with E-state index in [0.29, 0.717) is 6.08 Å². The van der Waals surface area contributed by atoms with Crippen molar-refractivity contribution in [3.05, 3.63) is 12.3 Å². The summed E-state index contributed by atoms with van der Waals surface area (Å²) in [6.45, 7) is 1.91. The smallest absolute Gasteiger partial charge is 0.418 e. The number of ether oxygens (including phenoxy) is 1. The molecule has 0 aliphatic heterocycles. The molecule has 1 atom stereocenters. The monoisotopic (exact) mass is 170 g/mol. The number of hydrogen-bond acceptors (Lipinski definition) is 2. The van der Waals surface area contributed by atoms with Crippen LogP contribution in [0.3, 0.4) is 0 Å². The van der Waals surface area contributed by atoms with Crippen molar-refractivity contribution in [2.24, 2.45) is 0 Å².